The molecule has 0 spiro atoms. The van der Waals surface area contributed by atoms with Gasteiger partial charge in [-0.3, -0.25) is 0 Å². The molecule has 4 rings (SSSR count). The van der Waals surface area contributed by atoms with E-state index in [4.69, 9.17) is 5.73 Å². The molecular weight excluding hydrogens is 419 g/mol. The average Bonchev–Trinajstić information content (AvgIpc) is 2.74. The number of nitrogens with one attached hydrogen (secondary N) is 1. The fourth-order valence-corrected chi connectivity index (χ4v) is 5.13. The van der Waals surface area contributed by atoms with Crippen molar-refractivity contribution in [2.45, 2.75) is 17.9 Å². The third-order valence-corrected chi connectivity index (χ3v) is 6.62. The summed E-state index contributed by atoms with van der Waals surface area (Å²) in [6.45, 7) is 1.73. The number of anilines is 3. The monoisotopic (exact) mass is 436 g/mol. The summed E-state index contributed by atoms with van der Waals surface area (Å²) in [7, 11) is -4.11. The van der Waals surface area contributed by atoms with Crippen LogP contribution in [0.15, 0.2) is 65.5 Å². The maximum absolute atomic E-state index is 13.9. The molecule has 1 atom stereocenters. The number of sulfonamides is 1. The summed E-state index contributed by atoms with van der Waals surface area (Å²) in [5.41, 5.74) is 6.93. The molecule has 0 fully saturated rings. The second-order valence-electron chi connectivity index (χ2n) is 6.82. The Morgan fingerprint density at radius 2 is 1.94 bits per heavy atom. The average molecular weight is 436 g/mol. The quantitative estimate of drug-likeness (QED) is 0.644. The highest BCUT2D eigenvalue weighted by atomic mass is 32.2. The normalized spacial score (nSPS) is 15.4. The van der Waals surface area contributed by atoms with E-state index in [-0.39, 0.29) is 22.1 Å². The Bertz CT molecular complexity index is 1340. The van der Waals surface area contributed by atoms with Crippen LogP contribution in [0.3, 0.4) is 0 Å². The van der Waals surface area contributed by atoms with Gasteiger partial charge in [0.2, 0.25) is 0 Å². The lowest BCUT2D eigenvalue weighted by Gasteiger charge is -2.34. The molecule has 3 N–H and O–H groups in total. The molecule has 156 valence electrons. The van der Waals surface area contributed by atoms with Crippen LogP contribution in [0, 0.1) is 17.1 Å². The number of aromatic nitrogens is 2. The van der Waals surface area contributed by atoms with Crippen molar-refractivity contribution < 1.29 is 12.8 Å². The Balaban J connectivity index is 1.86. The van der Waals surface area contributed by atoms with Crippen molar-refractivity contribution in [3.8, 4) is 6.07 Å². The molecule has 1 aromatic heterocycles. The lowest BCUT2D eigenvalue weighted by molar-refractivity contribution is 0.586. The molecule has 0 unspecified atom stereocenters. The van der Waals surface area contributed by atoms with Gasteiger partial charge in [-0.05, 0) is 42.8 Å². The van der Waals surface area contributed by atoms with Crippen LogP contribution in [0.1, 0.15) is 18.1 Å². The summed E-state index contributed by atoms with van der Waals surface area (Å²) in [4.78, 5) is 7.74. The first-order valence-corrected chi connectivity index (χ1v) is 10.7. The number of rotatable bonds is 4. The van der Waals surface area contributed by atoms with E-state index in [1.54, 1.807) is 43.3 Å². The van der Waals surface area contributed by atoms with E-state index in [1.165, 1.54) is 18.5 Å². The van der Waals surface area contributed by atoms with Crippen molar-refractivity contribution in [3.05, 3.63) is 77.5 Å². The Kier molecular flexibility index (Phi) is 5.04. The smallest absolute Gasteiger partial charge is 0.269 e. The molecule has 0 saturated carbocycles. The molecule has 0 radical (unpaired) electrons. The van der Waals surface area contributed by atoms with Crippen molar-refractivity contribution in [3.63, 3.8) is 0 Å². The van der Waals surface area contributed by atoms with Crippen molar-refractivity contribution in [2.75, 3.05) is 15.4 Å². The van der Waals surface area contributed by atoms with E-state index in [0.717, 1.165) is 10.4 Å². The van der Waals surface area contributed by atoms with Crippen molar-refractivity contribution in [1.82, 2.24) is 9.97 Å². The zero-order valence-corrected chi connectivity index (χ0v) is 17.1. The number of fused-ring (bicyclic) bond motifs is 1. The highest BCUT2D eigenvalue weighted by Crippen LogP contribution is 2.37. The molecular formula is C21H17FN6O2S. The van der Waals surface area contributed by atoms with Crippen molar-refractivity contribution in [1.29, 1.82) is 5.26 Å². The van der Waals surface area contributed by atoms with Gasteiger partial charge in [0.1, 0.15) is 35.4 Å². The van der Waals surface area contributed by atoms with E-state index in [9.17, 15) is 18.1 Å². The predicted molar refractivity (Wildman–Crippen MR) is 115 cm³/mol. The summed E-state index contributed by atoms with van der Waals surface area (Å²) in [5.74, 6) is -0.453. The second kappa shape index (κ2) is 7.70. The number of nitrogens with zero attached hydrogens (tertiary/aromatic N) is 4. The van der Waals surface area contributed by atoms with Crippen LogP contribution >= 0.6 is 0 Å². The predicted octanol–water partition coefficient (Wildman–Crippen LogP) is 3.12. The van der Waals surface area contributed by atoms with Crippen LogP contribution < -0.4 is 15.4 Å². The highest BCUT2D eigenvalue weighted by molar-refractivity contribution is 7.93. The lowest BCUT2D eigenvalue weighted by Crippen LogP contribution is -2.40. The minimum atomic E-state index is -4.11. The summed E-state index contributed by atoms with van der Waals surface area (Å²) in [6.07, 6.45) is 2.88. The fourth-order valence-electron chi connectivity index (χ4n) is 3.36. The Labute approximate surface area is 178 Å². The van der Waals surface area contributed by atoms with E-state index >= 15 is 0 Å². The molecule has 2 aromatic carbocycles. The van der Waals surface area contributed by atoms with Crippen molar-refractivity contribution in [2.24, 2.45) is 0 Å². The molecule has 1 aliphatic rings. The topological polar surface area (TPSA) is 125 Å². The summed E-state index contributed by atoms with van der Waals surface area (Å²) < 4.78 is 42.0. The molecule has 8 nitrogen and oxygen atoms in total. The number of nitrogens with two attached hydrogens (primary N) is 1. The molecule has 31 heavy (non-hydrogen) atoms. The molecule has 1 aliphatic heterocycles. The highest BCUT2D eigenvalue weighted by Gasteiger charge is 2.36. The number of hydrogen-bond acceptors (Lipinski definition) is 7. The summed E-state index contributed by atoms with van der Waals surface area (Å²) in [6, 6.07) is 13.4. The molecule has 0 bridgehead atoms. The van der Waals surface area contributed by atoms with Crippen LogP contribution in [-0.2, 0) is 10.0 Å². The van der Waals surface area contributed by atoms with Crippen LogP contribution in [-0.4, -0.2) is 24.4 Å². The van der Waals surface area contributed by atoms with Crippen LogP contribution in [0.25, 0.3) is 6.08 Å². The van der Waals surface area contributed by atoms with E-state index in [1.807, 2.05) is 6.07 Å². The van der Waals surface area contributed by atoms with Gasteiger partial charge in [-0.1, -0.05) is 24.3 Å². The Morgan fingerprint density at radius 3 is 2.65 bits per heavy atom. The molecule has 0 aliphatic carbocycles. The molecule has 10 heteroatoms. The molecule has 0 amide bonds. The Morgan fingerprint density at radius 1 is 1.19 bits per heavy atom. The van der Waals surface area contributed by atoms with Gasteiger partial charge < -0.3 is 11.1 Å². The van der Waals surface area contributed by atoms with E-state index in [0.29, 0.717) is 16.9 Å². The number of nitriles is 1. The molecule has 2 heterocycles. The fraction of sp³-hybridized carbons (Fsp3) is 0.0952. The van der Waals surface area contributed by atoms with E-state index < -0.39 is 21.9 Å². The largest absolute Gasteiger partial charge is 0.382 e. The third kappa shape index (κ3) is 3.55. The zero-order chi connectivity index (χ0) is 22.2. The standard InChI is InChI=1S/C21H17FN6O2S/c1-13(27-21-17(11-23)20(24)25-12-26-21)18-9-14-7-8-15(22)10-19(14)31(29,30)28(18)16-5-3-2-4-6-16/h2-10,12-13H,1H3,(H3,24,25,26,27)/t13-/m0/s1. The first kappa shape index (κ1) is 20.3. The van der Waals surface area contributed by atoms with Crippen LogP contribution in [0.4, 0.5) is 21.7 Å². The van der Waals surface area contributed by atoms with Gasteiger partial charge in [-0.15, -0.1) is 0 Å². The van der Waals surface area contributed by atoms with Crippen molar-refractivity contribution >= 4 is 33.4 Å². The van der Waals surface area contributed by atoms with E-state index in [2.05, 4.69) is 15.3 Å². The number of nitrogen functional groups attached to an aromatic ring is 1. The number of para-hydroxylation sites is 1. The summed E-state index contributed by atoms with van der Waals surface area (Å²) >= 11 is 0. The lowest BCUT2D eigenvalue weighted by atomic mass is 10.1. The first-order valence-electron chi connectivity index (χ1n) is 9.21. The number of hydrogen-bond donors (Lipinski definition) is 2. The van der Waals surface area contributed by atoms with Gasteiger partial charge in [0.05, 0.1) is 22.3 Å². The van der Waals surface area contributed by atoms with Gasteiger partial charge in [-0.2, -0.15) is 5.26 Å². The molecule has 0 saturated heterocycles. The maximum atomic E-state index is 13.9. The van der Waals surface area contributed by atoms with Gasteiger partial charge in [0, 0.05) is 0 Å². The SMILES string of the molecule is C[C@H](Nc1ncnc(N)c1C#N)C1=Cc2ccc(F)cc2S(=O)(=O)N1c1ccccc1. The first-order chi connectivity index (χ1) is 14.8. The van der Waals surface area contributed by atoms with Crippen LogP contribution in [0.5, 0.6) is 0 Å². The minimum absolute atomic E-state index is 0.0122. The van der Waals surface area contributed by atoms with Gasteiger partial charge >= 0.3 is 0 Å². The minimum Gasteiger partial charge on any atom is -0.382 e. The number of halogens is 1. The molecule has 3 aromatic rings. The third-order valence-electron chi connectivity index (χ3n) is 4.81. The number of benzene rings is 2. The Hall–Kier alpha value is -3.97. The zero-order valence-electron chi connectivity index (χ0n) is 16.3. The van der Waals surface area contributed by atoms with Gasteiger partial charge in [-0.25, -0.2) is 27.1 Å². The second-order valence-corrected chi connectivity index (χ2v) is 8.57. The maximum Gasteiger partial charge on any atom is 0.269 e. The summed E-state index contributed by atoms with van der Waals surface area (Å²) in [5, 5.41) is 12.4. The van der Waals surface area contributed by atoms with Gasteiger partial charge in [0.25, 0.3) is 10.0 Å². The van der Waals surface area contributed by atoms with Gasteiger partial charge in [0.15, 0.2) is 0 Å². The van der Waals surface area contributed by atoms with Crippen LogP contribution in [0.2, 0.25) is 0 Å².